The first-order chi connectivity index (χ1) is 10.1. The Morgan fingerprint density at radius 3 is 2.48 bits per heavy atom. The maximum atomic E-state index is 12.2. The van der Waals surface area contributed by atoms with E-state index in [2.05, 4.69) is 31.5 Å². The Morgan fingerprint density at radius 1 is 1.33 bits per heavy atom. The van der Waals surface area contributed by atoms with Crippen LogP contribution in [0.15, 0.2) is 11.4 Å². The fourth-order valence-corrected chi connectivity index (χ4v) is 3.98. The third-order valence-electron chi connectivity index (χ3n) is 4.72. The Labute approximate surface area is 132 Å². The first kappa shape index (κ1) is 16.4. The van der Waals surface area contributed by atoms with Gasteiger partial charge in [-0.25, -0.2) is 9.78 Å². The Morgan fingerprint density at radius 2 is 1.95 bits per heavy atom. The van der Waals surface area contributed by atoms with E-state index in [1.807, 2.05) is 11.5 Å². The summed E-state index contributed by atoms with van der Waals surface area (Å²) in [6, 6.07) is 0.308. The fourth-order valence-electron chi connectivity index (χ4n) is 3.68. The lowest BCUT2D eigenvalue weighted by Crippen LogP contribution is -2.32. The number of carbonyl (C=O) groups excluding carboxylic acids is 1. The Hall–Kier alpha value is -0.970. The van der Waals surface area contributed by atoms with E-state index in [0.717, 1.165) is 12.8 Å². The number of nitrogens with zero attached hydrogens (tertiary/aromatic N) is 2. The predicted octanol–water partition coefficient (Wildman–Crippen LogP) is 4.13. The lowest BCUT2D eigenvalue weighted by molar-refractivity contribution is 0.0493. The molecule has 1 aliphatic rings. The van der Waals surface area contributed by atoms with Crippen LogP contribution in [0.4, 0.5) is 0 Å². The van der Waals surface area contributed by atoms with Gasteiger partial charge in [-0.1, -0.05) is 33.1 Å². The summed E-state index contributed by atoms with van der Waals surface area (Å²) in [4.78, 5) is 16.5. The van der Waals surface area contributed by atoms with Crippen LogP contribution in [0, 0.1) is 11.8 Å². The molecule has 1 aliphatic carbocycles. The number of thiol groups is 1. The standard InChI is InChI=1S/C16H26N2O2S/c1-4-11-8-7-9-12(5-2)14(11)18-13(10-17-16(18)21)15(19)20-6-3/h10-12,14H,4-9H2,1-3H3,(H,17,21). The number of hydrogen-bond donors (Lipinski definition) is 1. The zero-order chi connectivity index (χ0) is 15.4. The monoisotopic (exact) mass is 310 g/mol. The second kappa shape index (κ2) is 7.34. The fraction of sp³-hybridized carbons (Fsp3) is 0.750. The van der Waals surface area contributed by atoms with Crippen LogP contribution in [0.5, 0.6) is 0 Å². The van der Waals surface area contributed by atoms with Gasteiger partial charge in [0.2, 0.25) is 0 Å². The van der Waals surface area contributed by atoms with Crippen molar-refractivity contribution >= 4 is 18.6 Å². The van der Waals surface area contributed by atoms with Gasteiger partial charge in [-0.3, -0.25) is 0 Å². The van der Waals surface area contributed by atoms with Gasteiger partial charge in [-0.15, -0.1) is 12.6 Å². The number of esters is 1. The van der Waals surface area contributed by atoms with E-state index < -0.39 is 0 Å². The average molecular weight is 310 g/mol. The van der Waals surface area contributed by atoms with Crippen molar-refractivity contribution in [2.75, 3.05) is 6.61 Å². The molecule has 0 aromatic carbocycles. The molecular formula is C16H26N2O2S. The minimum absolute atomic E-state index is 0.291. The van der Waals surface area contributed by atoms with E-state index in [9.17, 15) is 4.79 Å². The van der Waals surface area contributed by atoms with Crippen LogP contribution in [-0.2, 0) is 4.74 Å². The van der Waals surface area contributed by atoms with E-state index in [1.54, 1.807) is 6.20 Å². The van der Waals surface area contributed by atoms with E-state index >= 15 is 0 Å². The van der Waals surface area contributed by atoms with Gasteiger partial charge in [0.15, 0.2) is 5.16 Å². The van der Waals surface area contributed by atoms with Gasteiger partial charge in [0, 0.05) is 6.04 Å². The van der Waals surface area contributed by atoms with Gasteiger partial charge in [-0.05, 0) is 31.6 Å². The van der Waals surface area contributed by atoms with E-state index in [1.165, 1.54) is 19.3 Å². The molecule has 21 heavy (non-hydrogen) atoms. The Balaban J connectivity index is 2.41. The highest BCUT2D eigenvalue weighted by molar-refractivity contribution is 7.80. The number of aromatic nitrogens is 2. The zero-order valence-electron chi connectivity index (χ0n) is 13.2. The van der Waals surface area contributed by atoms with Gasteiger partial charge in [0.05, 0.1) is 12.8 Å². The van der Waals surface area contributed by atoms with Crippen molar-refractivity contribution < 1.29 is 9.53 Å². The van der Waals surface area contributed by atoms with Crippen molar-refractivity contribution in [2.24, 2.45) is 11.8 Å². The van der Waals surface area contributed by atoms with Crippen molar-refractivity contribution in [3.8, 4) is 0 Å². The summed E-state index contributed by atoms with van der Waals surface area (Å²) in [5.41, 5.74) is 0.547. The summed E-state index contributed by atoms with van der Waals surface area (Å²) >= 11 is 4.49. The minimum atomic E-state index is -0.291. The highest BCUT2D eigenvalue weighted by Gasteiger charge is 2.36. The number of imidazole rings is 1. The molecule has 0 bridgehead atoms. The molecule has 2 unspecified atom stereocenters. The molecule has 1 heterocycles. The molecule has 1 aromatic heterocycles. The molecular weight excluding hydrogens is 284 g/mol. The molecule has 0 aliphatic heterocycles. The summed E-state index contributed by atoms with van der Waals surface area (Å²) in [5, 5.41) is 0.627. The second-order valence-electron chi connectivity index (χ2n) is 5.79. The molecule has 1 saturated carbocycles. The van der Waals surface area contributed by atoms with Crippen molar-refractivity contribution in [3.05, 3.63) is 11.9 Å². The maximum absolute atomic E-state index is 12.2. The highest BCUT2D eigenvalue weighted by Crippen LogP contribution is 2.43. The number of rotatable bonds is 5. The number of carbonyl (C=O) groups is 1. The summed E-state index contributed by atoms with van der Waals surface area (Å²) < 4.78 is 7.21. The molecule has 1 fully saturated rings. The van der Waals surface area contributed by atoms with Crippen molar-refractivity contribution in [1.29, 1.82) is 0 Å². The number of ether oxygens (including phenoxy) is 1. The van der Waals surface area contributed by atoms with Crippen LogP contribution >= 0.6 is 12.6 Å². The lowest BCUT2D eigenvalue weighted by atomic mass is 9.74. The van der Waals surface area contributed by atoms with Gasteiger partial charge < -0.3 is 9.30 Å². The molecule has 4 nitrogen and oxygen atoms in total. The minimum Gasteiger partial charge on any atom is -0.461 e. The topological polar surface area (TPSA) is 44.1 Å². The summed E-state index contributed by atoms with van der Waals surface area (Å²) in [6.07, 6.45) is 7.55. The van der Waals surface area contributed by atoms with Crippen molar-refractivity contribution in [3.63, 3.8) is 0 Å². The second-order valence-corrected chi connectivity index (χ2v) is 6.19. The van der Waals surface area contributed by atoms with Crippen molar-refractivity contribution in [1.82, 2.24) is 9.55 Å². The molecule has 0 amide bonds. The van der Waals surface area contributed by atoms with Crippen LogP contribution in [0.2, 0.25) is 0 Å². The predicted molar refractivity (Wildman–Crippen MR) is 85.9 cm³/mol. The summed E-state index contributed by atoms with van der Waals surface area (Å²) in [5.74, 6) is 0.870. The third kappa shape index (κ3) is 3.28. The first-order valence-electron chi connectivity index (χ1n) is 8.07. The Kier molecular flexibility index (Phi) is 5.73. The van der Waals surface area contributed by atoms with Gasteiger partial charge in [0.25, 0.3) is 0 Å². The van der Waals surface area contributed by atoms with Gasteiger partial charge >= 0.3 is 5.97 Å². The molecule has 118 valence electrons. The molecule has 2 atom stereocenters. The van der Waals surface area contributed by atoms with Crippen molar-refractivity contribution in [2.45, 2.75) is 64.1 Å². The SMILES string of the molecule is CCOC(=O)c1cnc(S)n1C1C(CC)CCCC1CC. The molecule has 1 aromatic rings. The highest BCUT2D eigenvalue weighted by atomic mass is 32.1. The zero-order valence-corrected chi connectivity index (χ0v) is 14.1. The number of hydrogen-bond acceptors (Lipinski definition) is 4. The average Bonchev–Trinajstić information content (AvgIpc) is 2.88. The Bertz CT molecular complexity index is 475. The molecule has 0 spiro atoms. The van der Waals surface area contributed by atoms with E-state index in [-0.39, 0.29) is 5.97 Å². The van der Waals surface area contributed by atoms with Crippen LogP contribution < -0.4 is 0 Å². The molecule has 5 heteroatoms. The van der Waals surface area contributed by atoms with Crippen LogP contribution in [-0.4, -0.2) is 22.1 Å². The molecule has 0 saturated heterocycles. The van der Waals surface area contributed by atoms with Gasteiger partial charge in [0.1, 0.15) is 5.69 Å². The quantitative estimate of drug-likeness (QED) is 0.657. The maximum Gasteiger partial charge on any atom is 0.356 e. The van der Waals surface area contributed by atoms with Crippen LogP contribution in [0.25, 0.3) is 0 Å². The van der Waals surface area contributed by atoms with Crippen LogP contribution in [0.3, 0.4) is 0 Å². The van der Waals surface area contributed by atoms with E-state index in [0.29, 0.717) is 35.3 Å². The summed E-state index contributed by atoms with van der Waals surface area (Å²) in [7, 11) is 0. The largest absolute Gasteiger partial charge is 0.461 e. The molecule has 0 N–H and O–H groups in total. The normalized spacial score (nSPS) is 25.8. The summed E-state index contributed by atoms with van der Waals surface area (Å²) in [6.45, 7) is 6.67. The first-order valence-corrected chi connectivity index (χ1v) is 8.51. The van der Waals surface area contributed by atoms with Crippen LogP contribution in [0.1, 0.15) is 69.4 Å². The molecule has 2 rings (SSSR count). The molecule has 0 radical (unpaired) electrons. The third-order valence-corrected chi connectivity index (χ3v) is 5.06. The smallest absolute Gasteiger partial charge is 0.356 e. The van der Waals surface area contributed by atoms with E-state index in [4.69, 9.17) is 4.74 Å². The lowest BCUT2D eigenvalue weighted by Gasteiger charge is -2.39. The van der Waals surface area contributed by atoms with Gasteiger partial charge in [-0.2, -0.15) is 0 Å².